The van der Waals surface area contributed by atoms with Gasteiger partial charge in [0.15, 0.2) is 5.11 Å². The van der Waals surface area contributed by atoms with E-state index in [1.807, 2.05) is 0 Å². The van der Waals surface area contributed by atoms with Crippen LogP contribution in [0, 0.1) is 5.92 Å². The first-order valence-corrected chi connectivity index (χ1v) is 13.8. The summed E-state index contributed by atoms with van der Waals surface area (Å²) in [6.45, 7) is 4.67. The van der Waals surface area contributed by atoms with Crippen LogP contribution in [0.5, 0.6) is 11.6 Å². The number of sulfonamides is 1. The number of aromatic nitrogens is 2. The highest BCUT2D eigenvalue weighted by Crippen LogP contribution is 2.25. The average Bonchev–Trinajstić information content (AvgIpc) is 2.85. The fourth-order valence-corrected chi connectivity index (χ4v) is 4.57. The van der Waals surface area contributed by atoms with Gasteiger partial charge >= 0.3 is 0 Å². The lowest BCUT2D eigenvalue weighted by atomic mass is 10.1. The van der Waals surface area contributed by atoms with Gasteiger partial charge in [0.1, 0.15) is 5.75 Å². The first-order chi connectivity index (χ1) is 17.6. The monoisotopic (exact) mass is 607 g/mol. The lowest BCUT2D eigenvalue weighted by molar-refractivity contribution is 0.0973. The van der Waals surface area contributed by atoms with E-state index in [4.69, 9.17) is 21.7 Å². The summed E-state index contributed by atoms with van der Waals surface area (Å²) >= 11 is 8.65. The number of carbonyl (C=O) groups is 1. The fourth-order valence-electron chi connectivity index (χ4n) is 2.99. The van der Waals surface area contributed by atoms with E-state index in [9.17, 15) is 13.2 Å². The molecular formula is C24H26BrN5O5S2. The number of benzene rings is 2. The van der Waals surface area contributed by atoms with Crippen LogP contribution in [0.2, 0.25) is 0 Å². The van der Waals surface area contributed by atoms with Gasteiger partial charge < -0.3 is 14.8 Å². The molecule has 2 aromatic carbocycles. The quantitative estimate of drug-likeness (QED) is 0.283. The van der Waals surface area contributed by atoms with Crippen molar-refractivity contribution in [2.24, 2.45) is 5.92 Å². The van der Waals surface area contributed by atoms with Crippen molar-refractivity contribution in [3.05, 3.63) is 64.9 Å². The van der Waals surface area contributed by atoms with Gasteiger partial charge in [0.2, 0.25) is 5.82 Å². The van der Waals surface area contributed by atoms with E-state index in [1.165, 1.54) is 43.8 Å². The second-order valence-electron chi connectivity index (χ2n) is 8.12. The Morgan fingerprint density at radius 2 is 1.81 bits per heavy atom. The van der Waals surface area contributed by atoms with Crippen LogP contribution in [0.1, 0.15) is 30.6 Å². The second-order valence-corrected chi connectivity index (χ2v) is 11.1. The third-order valence-electron chi connectivity index (χ3n) is 4.88. The van der Waals surface area contributed by atoms with Crippen LogP contribution < -0.4 is 24.8 Å². The molecule has 0 unspecified atom stereocenters. The summed E-state index contributed by atoms with van der Waals surface area (Å²) in [5.74, 6) is 0.489. The molecule has 0 spiro atoms. The van der Waals surface area contributed by atoms with Crippen molar-refractivity contribution in [1.29, 1.82) is 0 Å². The van der Waals surface area contributed by atoms with Crippen molar-refractivity contribution in [2.75, 3.05) is 23.8 Å². The molecule has 0 bridgehead atoms. The predicted molar refractivity (Wildman–Crippen MR) is 149 cm³/mol. The smallest absolute Gasteiger partial charge is 0.263 e. The zero-order valence-electron chi connectivity index (χ0n) is 20.3. The van der Waals surface area contributed by atoms with E-state index < -0.39 is 15.9 Å². The Bertz CT molecular complexity index is 1370. The number of thiocarbonyl (C=S) groups is 1. The Hall–Kier alpha value is -3.29. The summed E-state index contributed by atoms with van der Waals surface area (Å²) in [5.41, 5.74) is 0.804. The van der Waals surface area contributed by atoms with Gasteiger partial charge in [-0.3, -0.25) is 14.8 Å². The third kappa shape index (κ3) is 8.10. The molecule has 0 radical (unpaired) electrons. The number of amides is 1. The summed E-state index contributed by atoms with van der Waals surface area (Å²) in [5, 5.41) is 5.53. The standard InChI is InChI=1S/C24H26BrN5O5S2/c1-15(2)10-13-35-20-9-4-16(25)14-19(20)22(31)29-24(36)28-17-5-7-18(8-6-17)37(32,33)30-21-23(34-3)27-12-11-26-21/h4-9,11-12,14-15H,10,13H2,1-3H3,(H,26,30)(H2,28,29,31,36). The molecule has 13 heteroatoms. The molecule has 37 heavy (non-hydrogen) atoms. The molecule has 0 aliphatic heterocycles. The van der Waals surface area contributed by atoms with Gasteiger partial charge in [-0.15, -0.1) is 0 Å². The molecule has 0 aliphatic carbocycles. The van der Waals surface area contributed by atoms with Gasteiger partial charge in [0.05, 0.1) is 24.2 Å². The SMILES string of the molecule is COc1nccnc1NS(=O)(=O)c1ccc(NC(=S)NC(=O)c2cc(Br)ccc2OCCC(C)C)cc1. The van der Waals surface area contributed by atoms with Gasteiger partial charge in [-0.25, -0.2) is 18.4 Å². The topological polar surface area (TPSA) is 132 Å². The molecular weight excluding hydrogens is 582 g/mol. The number of anilines is 2. The number of ether oxygens (including phenoxy) is 2. The normalized spacial score (nSPS) is 11.1. The summed E-state index contributed by atoms with van der Waals surface area (Å²) < 4.78 is 39.3. The van der Waals surface area contributed by atoms with Crippen molar-refractivity contribution in [2.45, 2.75) is 25.2 Å². The first-order valence-electron chi connectivity index (χ1n) is 11.1. The third-order valence-corrected chi connectivity index (χ3v) is 6.93. The van der Waals surface area contributed by atoms with E-state index in [0.717, 1.165) is 10.9 Å². The number of nitrogens with one attached hydrogen (secondary N) is 3. The Kier molecular flexibility index (Phi) is 9.78. The number of nitrogens with zero attached hydrogens (tertiary/aromatic N) is 2. The van der Waals surface area contributed by atoms with Crippen LogP contribution in [-0.2, 0) is 10.0 Å². The molecule has 0 saturated heterocycles. The molecule has 1 amide bonds. The van der Waals surface area contributed by atoms with Gasteiger partial charge in [-0.05, 0) is 67.0 Å². The van der Waals surface area contributed by atoms with Crippen molar-refractivity contribution in [3.63, 3.8) is 0 Å². The molecule has 0 saturated carbocycles. The summed E-state index contributed by atoms with van der Waals surface area (Å²) in [7, 11) is -2.59. The lowest BCUT2D eigenvalue weighted by Gasteiger charge is -2.14. The maximum absolute atomic E-state index is 12.9. The highest BCUT2D eigenvalue weighted by Gasteiger charge is 2.19. The van der Waals surface area contributed by atoms with Gasteiger partial charge in [0.25, 0.3) is 21.8 Å². The zero-order valence-corrected chi connectivity index (χ0v) is 23.5. The molecule has 3 rings (SSSR count). The van der Waals surface area contributed by atoms with Crippen LogP contribution in [0.4, 0.5) is 11.5 Å². The zero-order chi connectivity index (χ0) is 27.0. The summed E-state index contributed by atoms with van der Waals surface area (Å²) in [6, 6.07) is 11.0. The molecule has 3 N–H and O–H groups in total. The Morgan fingerprint density at radius 1 is 1.11 bits per heavy atom. The van der Waals surface area contributed by atoms with E-state index in [-0.39, 0.29) is 21.7 Å². The predicted octanol–water partition coefficient (Wildman–Crippen LogP) is 4.60. The lowest BCUT2D eigenvalue weighted by Crippen LogP contribution is -2.34. The minimum Gasteiger partial charge on any atom is -0.493 e. The van der Waals surface area contributed by atoms with Crippen molar-refractivity contribution >= 4 is 60.7 Å². The summed E-state index contributed by atoms with van der Waals surface area (Å²) in [4.78, 5) is 20.7. The Labute approximate surface area is 229 Å². The van der Waals surface area contributed by atoms with E-state index in [1.54, 1.807) is 18.2 Å². The number of methoxy groups -OCH3 is 1. The molecule has 1 aromatic heterocycles. The van der Waals surface area contributed by atoms with Gasteiger partial charge in [0, 0.05) is 22.6 Å². The number of halogens is 1. The van der Waals surface area contributed by atoms with Crippen LogP contribution in [0.3, 0.4) is 0 Å². The Balaban J connectivity index is 1.64. The molecule has 0 fully saturated rings. The minimum absolute atomic E-state index is 0.0157. The maximum atomic E-state index is 12.9. The maximum Gasteiger partial charge on any atom is 0.263 e. The van der Waals surface area contributed by atoms with Crippen molar-refractivity contribution < 1.29 is 22.7 Å². The van der Waals surface area contributed by atoms with Gasteiger partial charge in [-0.1, -0.05) is 29.8 Å². The van der Waals surface area contributed by atoms with Crippen molar-refractivity contribution in [1.82, 2.24) is 15.3 Å². The number of hydrogen-bond donors (Lipinski definition) is 3. The molecule has 1 heterocycles. The van der Waals surface area contributed by atoms with E-state index >= 15 is 0 Å². The number of carbonyl (C=O) groups excluding carboxylic acids is 1. The molecule has 0 aliphatic rings. The van der Waals surface area contributed by atoms with Crippen LogP contribution in [0.15, 0.2) is 64.2 Å². The first kappa shape index (κ1) is 28.3. The molecule has 196 valence electrons. The van der Waals surface area contributed by atoms with Crippen molar-refractivity contribution in [3.8, 4) is 11.6 Å². The molecule has 0 atom stereocenters. The van der Waals surface area contributed by atoms with E-state index in [0.29, 0.717) is 29.5 Å². The Morgan fingerprint density at radius 3 is 2.49 bits per heavy atom. The highest BCUT2D eigenvalue weighted by molar-refractivity contribution is 9.10. The molecule has 10 nitrogen and oxygen atoms in total. The fraction of sp³-hybridized carbons (Fsp3) is 0.250. The highest BCUT2D eigenvalue weighted by atomic mass is 79.9. The number of hydrogen-bond acceptors (Lipinski definition) is 8. The largest absolute Gasteiger partial charge is 0.493 e. The average molecular weight is 609 g/mol. The second kappa shape index (κ2) is 12.8. The van der Waals surface area contributed by atoms with Crippen LogP contribution in [-0.4, -0.2) is 43.1 Å². The number of rotatable bonds is 10. The van der Waals surface area contributed by atoms with Gasteiger partial charge in [-0.2, -0.15) is 0 Å². The van der Waals surface area contributed by atoms with Crippen LogP contribution >= 0.6 is 28.1 Å². The minimum atomic E-state index is -3.95. The van der Waals surface area contributed by atoms with Crippen LogP contribution in [0.25, 0.3) is 0 Å². The van der Waals surface area contributed by atoms with E-state index in [2.05, 4.69) is 55.1 Å². The summed E-state index contributed by atoms with van der Waals surface area (Å²) in [6.07, 6.45) is 3.58. The molecule has 3 aromatic rings.